The first-order valence-corrected chi connectivity index (χ1v) is 3.08. The molecule has 1 saturated heterocycles. The molecule has 3 nitrogen and oxygen atoms in total. The SMILES string of the molecule is CC1(C)CCOC(O)O1. The van der Waals surface area contributed by atoms with Gasteiger partial charge in [0.15, 0.2) is 0 Å². The first kappa shape index (κ1) is 6.99. The molecule has 1 N–H and O–H groups in total. The van der Waals surface area contributed by atoms with E-state index in [-0.39, 0.29) is 5.60 Å². The average Bonchev–Trinajstić information content (AvgIpc) is 1.60. The van der Waals surface area contributed by atoms with Crippen molar-refractivity contribution in [2.45, 2.75) is 32.3 Å². The molecule has 0 aromatic carbocycles. The number of ether oxygens (including phenoxy) is 2. The van der Waals surface area contributed by atoms with E-state index in [0.29, 0.717) is 6.61 Å². The lowest BCUT2D eigenvalue weighted by atomic mass is 10.1. The molecule has 0 radical (unpaired) electrons. The first-order chi connectivity index (χ1) is 4.10. The van der Waals surface area contributed by atoms with E-state index >= 15 is 0 Å². The van der Waals surface area contributed by atoms with E-state index in [0.717, 1.165) is 6.42 Å². The molecule has 0 saturated carbocycles. The molecule has 1 heterocycles. The topological polar surface area (TPSA) is 38.7 Å². The van der Waals surface area contributed by atoms with Crippen molar-refractivity contribution < 1.29 is 14.6 Å². The van der Waals surface area contributed by atoms with Crippen molar-refractivity contribution in [3.63, 3.8) is 0 Å². The monoisotopic (exact) mass is 132 g/mol. The predicted molar refractivity (Wildman–Crippen MR) is 31.7 cm³/mol. The highest BCUT2D eigenvalue weighted by molar-refractivity contribution is 4.69. The highest BCUT2D eigenvalue weighted by atomic mass is 16.8. The summed E-state index contributed by atoms with van der Waals surface area (Å²) in [6.45, 7) is 3.42. The summed E-state index contributed by atoms with van der Waals surface area (Å²) in [5, 5.41) is 8.80. The van der Waals surface area contributed by atoms with Gasteiger partial charge in [-0.05, 0) is 20.3 Å². The third kappa shape index (κ3) is 1.93. The minimum Gasteiger partial charge on any atom is -0.346 e. The molecule has 0 aromatic heterocycles. The molecule has 0 bridgehead atoms. The van der Waals surface area contributed by atoms with Crippen LogP contribution in [0.5, 0.6) is 0 Å². The second-order valence-electron chi connectivity index (χ2n) is 2.81. The molecule has 0 amide bonds. The van der Waals surface area contributed by atoms with Crippen LogP contribution in [0.15, 0.2) is 0 Å². The van der Waals surface area contributed by atoms with E-state index in [4.69, 9.17) is 14.6 Å². The molecule has 1 rings (SSSR count). The van der Waals surface area contributed by atoms with Gasteiger partial charge in [-0.15, -0.1) is 0 Å². The Bertz CT molecular complexity index is 100. The van der Waals surface area contributed by atoms with Crippen LogP contribution in [0.3, 0.4) is 0 Å². The Morgan fingerprint density at radius 3 is 2.56 bits per heavy atom. The van der Waals surface area contributed by atoms with Gasteiger partial charge in [0, 0.05) is 0 Å². The minimum absolute atomic E-state index is 0.225. The fraction of sp³-hybridized carbons (Fsp3) is 1.00. The van der Waals surface area contributed by atoms with Gasteiger partial charge in [0.2, 0.25) is 0 Å². The lowest BCUT2D eigenvalue weighted by molar-refractivity contribution is -0.333. The van der Waals surface area contributed by atoms with Crippen LogP contribution in [0.25, 0.3) is 0 Å². The Balaban J connectivity index is 2.41. The summed E-state index contributed by atoms with van der Waals surface area (Å²) >= 11 is 0. The number of hydrogen-bond donors (Lipinski definition) is 1. The fourth-order valence-electron chi connectivity index (χ4n) is 0.771. The average molecular weight is 132 g/mol. The van der Waals surface area contributed by atoms with Gasteiger partial charge in [-0.1, -0.05) is 0 Å². The maximum atomic E-state index is 8.80. The quantitative estimate of drug-likeness (QED) is 0.521. The Morgan fingerprint density at radius 1 is 1.56 bits per heavy atom. The van der Waals surface area contributed by atoms with Crippen LogP contribution in [0.1, 0.15) is 20.3 Å². The van der Waals surface area contributed by atoms with Crippen LogP contribution in [0, 0.1) is 0 Å². The summed E-state index contributed by atoms with van der Waals surface area (Å²) in [4.78, 5) is 0. The van der Waals surface area contributed by atoms with Crippen LogP contribution in [-0.2, 0) is 9.47 Å². The largest absolute Gasteiger partial charge is 0.346 e. The van der Waals surface area contributed by atoms with E-state index in [9.17, 15) is 0 Å². The zero-order valence-electron chi connectivity index (χ0n) is 5.76. The van der Waals surface area contributed by atoms with Gasteiger partial charge < -0.3 is 14.6 Å². The standard InChI is InChI=1S/C6H12O3/c1-6(2)3-4-8-5(7)9-6/h5,7H,3-4H2,1-2H3. The number of hydrogen-bond acceptors (Lipinski definition) is 3. The summed E-state index contributed by atoms with van der Waals surface area (Å²) in [5.74, 6) is 0. The molecule has 0 aromatic rings. The van der Waals surface area contributed by atoms with Crippen LogP contribution < -0.4 is 0 Å². The van der Waals surface area contributed by atoms with Gasteiger partial charge in [0.25, 0.3) is 6.48 Å². The number of aliphatic hydroxyl groups excluding tert-OH is 1. The molecule has 1 fully saturated rings. The van der Waals surface area contributed by atoms with Crippen molar-refractivity contribution in [2.24, 2.45) is 0 Å². The number of aliphatic hydroxyl groups is 1. The second-order valence-corrected chi connectivity index (χ2v) is 2.81. The zero-order valence-corrected chi connectivity index (χ0v) is 5.76. The van der Waals surface area contributed by atoms with E-state index in [1.54, 1.807) is 0 Å². The maximum Gasteiger partial charge on any atom is 0.269 e. The Kier molecular flexibility index (Phi) is 1.75. The maximum absolute atomic E-state index is 8.80. The molecule has 0 spiro atoms. The van der Waals surface area contributed by atoms with Crippen molar-refractivity contribution in [3.05, 3.63) is 0 Å². The summed E-state index contributed by atoms with van der Waals surface area (Å²) < 4.78 is 9.75. The molecule has 0 aliphatic carbocycles. The van der Waals surface area contributed by atoms with Gasteiger partial charge in [-0.3, -0.25) is 0 Å². The van der Waals surface area contributed by atoms with Gasteiger partial charge in [-0.2, -0.15) is 0 Å². The van der Waals surface area contributed by atoms with Gasteiger partial charge in [0.1, 0.15) is 0 Å². The summed E-state index contributed by atoms with van der Waals surface area (Å²) in [5.41, 5.74) is -0.225. The first-order valence-electron chi connectivity index (χ1n) is 3.08. The van der Waals surface area contributed by atoms with Crippen molar-refractivity contribution >= 4 is 0 Å². The van der Waals surface area contributed by atoms with Gasteiger partial charge in [-0.25, -0.2) is 0 Å². The van der Waals surface area contributed by atoms with Crippen LogP contribution >= 0.6 is 0 Å². The highest BCUT2D eigenvalue weighted by Crippen LogP contribution is 2.21. The smallest absolute Gasteiger partial charge is 0.269 e. The molecule has 1 unspecified atom stereocenters. The van der Waals surface area contributed by atoms with Crippen LogP contribution in [0.4, 0.5) is 0 Å². The summed E-state index contributed by atoms with van der Waals surface area (Å²) in [6.07, 6.45) is 0.837. The lowest BCUT2D eigenvalue weighted by Gasteiger charge is -2.32. The van der Waals surface area contributed by atoms with Crippen molar-refractivity contribution in [3.8, 4) is 0 Å². The van der Waals surface area contributed by atoms with Crippen molar-refractivity contribution in [1.29, 1.82) is 0 Å². The van der Waals surface area contributed by atoms with E-state index in [1.807, 2.05) is 13.8 Å². The fourth-order valence-corrected chi connectivity index (χ4v) is 0.771. The lowest BCUT2D eigenvalue weighted by Crippen LogP contribution is -2.38. The second kappa shape index (κ2) is 2.25. The molecular formula is C6H12O3. The molecular weight excluding hydrogens is 120 g/mol. The molecule has 1 aliphatic rings. The normalized spacial score (nSPS) is 34.3. The Hall–Kier alpha value is -0.120. The summed E-state index contributed by atoms with van der Waals surface area (Å²) in [6, 6.07) is 0. The third-order valence-electron chi connectivity index (χ3n) is 1.38. The van der Waals surface area contributed by atoms with Gasteiger partial charge >= 0.3 is 0 Å². The van der Waals surface area contributed by atoms with E-state index in [1.165, 1.54) is 0 Å². The summed E-state index contributed by atoms with van der Waals surface area (Å²) in [7, 11) is 0. The zero-order chi connectivity index (χ0) is 6.91. The van der Waals surface area contributed by atoms with E-state index < -0.39 is 6.48 Å². The Labute approximate surface area is 54.6 Å². The number of rotatable bonds is 0. The molecule has 54 valence electrons. The van der Waals surface area contributed by atoms with Crippen LogP contribution in [-0.4, -0.2) is 23.8 Å². The van der Waals surface area contributed by atoms with Crippen molar-refractivity contribution in [1.82, 2.24) is 0 Å². The van der Waals surface area contributed by atoms with Crippen LogP contribution in [0.2, 0.25) is 0 Å². The molecule has 1 aliphatic heterocycles. The molecule has 9 heavy (non-hydrogen) atoms. The Morgan fingerprint density at radius 2 is 2.22 bits per heavy atom. The predicted octanol–water partition coefficient (Wildman–Crippen LogP) is 0.478. The van der Waals surface area contributed by atoms with Crippen molar-refractivity contribution in [2.75, 3.05) is 6.61 Å². The molecule has 1 atom stereocenters. The minimum atomic E-state index is -1.02. The van der Waals surface area contributed by atoms with E-state index in [2.05, 4.69) is 0 Å². The third-order valence-corrected chi connectivity index (χ3v) is 1.38. The van der Waals surface area contributed by atoms with Gasteiger partial charge in [0.05, 0.1) is 12.2 Å². The molecule has 3 heteroatoms. The highest BCUT2D eigenvalue weighted by Gasteiger charge is 2.27.